The Morgan fingerprint density at radius 3 is 2.78 bits per heavy atom. The Morgan fingerprint density at radius 1 is 1.50 bits per heavy atom. The van der Waals surface area contributed by atoms with Gasteiger partial charge in [0.05, 0.1) is 7.11 Å². The van der Waals surface area contributed by atoms with E-state index in [0.717, 1.165) is 18.4 Å². The Bertz CT molecular complexity index is 456. The molecule has 4 nitrogen and oxygen atoms in total. The van der Waals surface area contributed by atoms with Gasteiger partial charge in [0.15, 0.2) is 17.5 Å². The van der Waals surface area contributed by atoms with Crippen molar-refractivity contribution >= 4 is 5.96 Å². The van der Waals surface area contributed by atoms with Crippen molar-refractivity contribution in [1.82, 2.24) is 5.32 Å². The number of nitrogens with zero attached hydrogens (tertiary/aromatic N) is 1. The molecule has 1 saturated carbocycles. The summed E-state index contributed by atoms with van der Waals surface area (Å²) >= 11 is 0. The van der Waals surface area contributed by atoms with Crippen LogP contribution < -0.4 is 15.8 Å². The Balaban J connectivity index is 1.94. The standard InChI is InChI=1S/C13H18FN3O/c1-16-13(15)17-10-5-9(6-10)8-3-4-12(18-2)11(14)7-8/h3-4,7,9-10H,5-6H2,1-2H3,(H3,15,16,17). The molecule has 0 bridgehead atoms. The van der Waals surface area contributed by atoms with Crippen molar-refractivity contribution in [1.29, 1.82) is 0 Å². The summed E-state index contributed by atoms with van der Waals surface area (Å²) in [6.45, 7) is 0. The van der Waals surface area contributed by atoms with E-state index in [1.807, 2.05) is 6.07 Å². The van der Waals surface area contributed by atoms with Crippen LogP contribution in [0, 0.1) is 5.82 Å². The highest BCUT2D eigenvalue weighted by atomic mass is 19.1. The fraction of sp³-hybridized carbons (Fsp3) is 0.462. The topological polar surface area (TPSA) is 59.6 Å². The molecule has 1 aromatic carbocycles. The maximum atomic E-state index is 13.6. The number of benzene rings is 1. The lowest BCUT2D eigenvalue weighted by atomic mass is 9.76. The zero-order chi connectivity index (χ0) is 13.1. The number of ether oxygens (including phenoxy) is 1. The average Bonchev–Trinajstić information content (AvgIpc) is 2.32. The number of aliphatic imine (C=N–C) groups is 1. The third-order valence-electron chi connectivity index (χ3n) is 3.38. The maximum absolute atomic E-state index is 13.6. The van der Waals surface area contributed by atoms with Crippen molar-refractivity contribution in [3.8, 4) is 5.75 Å². The Labute approximate surface area is 106 Å². The SMILES string of the molecule is CN=C(N)NC1CC(c2ccc(OC)c(F)c2)C1. The van der Waals surface area contributed by atoms with E-state index in [1.54, 1.807) is 19.2 Å². The predicted octanol–water partition coefficient (Wildman–Crippen LogP) is 1.61. The molecule has 0 aromatic heterocycles. The van der Waals surface area contributed by atoms with Crippen LogP contribution in [0.15, 0.2) is 23.2 Å². The van der Waals surface area contributed by atoms with Crippen LogP contribution in [0.25, 0.3) is 0 Å². The summed E-state index contributed by atoms with van der Waals surface area (Å²) in [6, 6.07) is 5.48. The van der Waals surface area contributed by atoms with E-state index >= 15 is 0 Å². The zero-order valence-electron chi connectivity index (χ0n) is 10.6. The summed E-state index contributed by atoms with van der Waals surface area (Å²) < 4.78 is 18.5. The molecule has 0 heterocycles. The summed E-state index contributed by atoms with van der Waals surface area (Å²) in [6.07, 6.45) is 1.89. The minimum absolute atomic E-state index is 0.287. The fourth-order valence-corrected chi connectivity index (χ4v) is 2.22. The first-order valence-corrected chi connectivity index (χ1v) is 5.96. The van der Waals surface area contributed by atoms with Gasteiger partial charge in [0, 0.05) is 13.1 Å². The van der Waals surface area contributed by atoms with Gasteiger partial charge in [-0.15, -0.1) is 0 Å². The molecule has 98 valence electrons. The molecule has 0 unspecified atom stereocenters. The van der Waals surface area contributed by atoms with Gasteiger partial charge >= 0.3 is 0 Å². The van der Waals surface area contributed by atoms with Gasteiger partial charge in [-0.05, 0) is 36.5 Å². The van der Waals surface area contributed by atoms with Crippen molar-refractivity contribution in [2.24, 2.45) is 10.7 Å². The monoisotopic (exact) mass is 251 g/mol. The van der Waals surface area contributed by atoms with Gasteiger partial charge < -0.3 is 15.8 Å². The van der Waals surface area contributed by atoms with Crippen LogP contribution in [0.1, 0.15) is 24.3 Å². The maximum Gasteiger partial charge on any atom is 0.188 e. The van der Waals surface area contributed by atoms with E-state index < -0.39 is 0 Å². The van der Waals surface area contributed by atoms with Crippen LogP contribution in [-0.4, -0.2) is 26.2 Å². The van der Waals surface area contributed by atoms with Crippen LogP contribution in [-0.2, 0) is 0 Å². The number of hydrogen-bond donors (Lipinski definition) is 2. The van der Waals surface area contributed by atoms with E-state index in [-0.39, 0.29) is 11.6 Å². The number of nitrogens with two attached hydrogens (primary N) is 1. The van der Waals surface area contributed by atoms with Crippen molar-refractivity contribution in [3.63, 3.8) is 0 Å². The van der Waals surface area contributed by atoms with Gasteiger partial charge in [-0.2, -0.15) is 0 Å². The molecule has 18 heavy (non-hydrogen) atoms. The molecular weight excluding hydrogens is 233 g/mol. The molecule has 0 saturated heterocycles. The second kappa shape index (κ2) is 5.25. The molecule has 1 aliphatic carbocycles. The van der Waals surface area contributed by atoms with Crippen molar-refractivity contribution < 1.29 is 9.13 Å². The van der Waals surface area contributed by atoms with Crippen molar-refractivity contribution in [3.05, 3.63) is 29.6 Å². The lowest BCUT2D eigenvalue weighted by molar-refractivity contribution is 0.321. The Kier molecular flexibility index (Phi) is 3.69. The number of methoxy groups -OCH3 is 1. The summed E-state index contributed by atoms with van der Waals surface area (Å²) in [4.78, 5) is 3.85. The predicted molar refractivity (Wildman–Crippen MR) is 69.4 cm³/mol. The zero-order valence-corrected chi connectivity index (χ0v) is 10.6. The molecule has 0 aliphatic heterocycles. The highest BCUT2D eigenvalue weighted by molar-refractivity contribution is 5.78. The summed E-state index contributed by atoms with van der Waals surface area (Å²) in [5, 5.41) is 3.11. The number of nitrogens with one attached hydrogen (secondary N) is 1. The first-order valence-electron chi connectivity index (χ1n) is 5.96. The highest BCUT2D eigenvalue weighted by Crippen LogP contribution is 2.37. The Hall–Kier alpha value is -1.78. The van der Waals surface area contributed by atoms with Crippen molar-refractivity contribution in [2.45, 2.75) is 24.8 Å². The van der Waals surface area contributed by atoms with Gasteiger partial charge in [-0.3, -0.25) is 4.99 Å². The molecule has 0 atom stereocenters. The van der Waals surface area contributed by atoms with E-state index in [9.17, 15) is 4.39 Å². The molecule has 0 radical (unpaired) electrons. The van der Waals surface area contributed by atoms with Gasteiger partial charge in [0.2, 0.25) is 0 Å². The molecule has 1 aliphatic rings. The quantitative estimate of drug-likeness (QED) is 0.634. The third kappa shape index (κ3) is 2.55. The number of guanidine groups is 1. The van der Waals surface area contributed by atoms with Crippen LogP contribution in [0.4, 0.5) is 4.39 Å². The molecular formula is C13H18FN3O. The van der Waals surface area contributed by atoms with E-state index in [0.29, 0.717) is 17.9 Å². The molecule has 1 fully saturated rings. The van der Waals surface area contributed by atoms with E-state index in [4.69, 9.17) is 10.5 Å². The average molecular weight is 251 g/mol. The van der Waals surface area contributed by atoms with Gasteiger partial charge in [0.1, 0.15) is 0 Å². The second-order valence-corrected chi connectivity index (χ2v) is 4.51. The molecule has 0 spiro atoms. The molecule has 2 rings (SSSR count). The highest BCUT2D eigenvalue weighted by Gasteiger charge is 2.30. The lowest BCUT2D eigenvalue weighted by Gasteiger charge is -2.36. The van der Waals surface area contributed by atoms with Crippen molar-refractivity contribution in [2.75, 3.05) is 14.2 Å². The summed E-state index contributed by atoms with van der Waals surface area (Å²) in [5.41, 5.74) is 6.60. The molecule has 1 aromatic rings. The molecule has 0 amide bonds. The summed E-state index contributed by atoms with van der Waals surface area (Å²) in [5.74, 6) is 0.822. The van der Waals surface area contributed by atoms with Gasteiger partial charge in [-0.25, -0.2) is 4.39 Å². The largest absolute Gasteiger partial charge is 0.494 e. The van der Waals surface area contributed by atoms with E-state index in [2.05, 4.69) is 10.3 Å². The number of rotatable bonds is 3. The molecule has 5 heteroatoms. The Morgan fingerprint density at radius 2 is 2.22 bits per heavy atom. The fourth-order valence-electron chi connectivity index (χ4n) is 2.22. The summed E-state index contributed by atoms with van der Waals surface area (Å²) in [7, 11) is 3.12. The number of halogens is 1. The minimum atomic E-state index is -0.305. The van der Waals surface area contributed by atoms with Gasteiger partial charge in [0.25, 0.3) is 0 Å². The molecule has 3 N–H and O–H groups in total. The van der Waals surface area contributed by atoms with Crippen LogP contribution in [0.5, 0.6) is 5.75 Å². The number of hydrogen-bond acceptors (Lipinski definition) is 2. The lowest BCUT2D eigenvalue weighted by Crippen LogP contribution is -2.46. The van der Waals surface area contributed by atoms with Gasteiger partial charge in [-0.1, -0.05) is 6.07 Å². The third-order valence-corrected chi connectivity index (χ3v) is 3.38. The first-order chi connectivity index (χ1) is 8.63. The van der Waals surface area contributed by atoms with Crippen LogP contribution in [0.2, 0.25) is 0 Å². The minimum Gasteiger partial charge on any atom is -0.494 e. The smallest absolute Gasteiger partial charge is 0.188 e. The van der Waals surface area contributed by atoms with Crippen LogP contribution >= 0.6 is 0 Å². The normalized spacial score (nSPS) is 23.4. The first kappa shape index (κ1) is 12.7. The second-order valence-electron chi connectivity index (χ2n) is 4.51. The van der Waals surface area contributed by atoms with Crippen LogP contribution in [0.3, 0.4) is 0 Å². The van der Waals surface area contributed by atoms with E-state index in [1.165, 1.54) is 7.11 Å².